The highest BCUT2D eigenvalue weighted by Gasteiger charge is 2.05. The van der Waals surface area contributed by atoms with Crippen molar-refractivity contribution >= 4 is 16.6 Å². The Labute approximate surface area is 78.6 Å². The Balaban J connectivity index is 3.16. The van der Waals surface area contributed by atoms with E-state index in [-0.39, 0.29) is 0 Å². The van der Waals surface area contributed by atoms with E-state index in [1.807, 2.05) is 0 Å². The number of aromatic nitrogens is 2. The Morgan fingerprint density at radius 2 is 1.93 bits per heavy atom. The van der Waals surface area contributed by atoms with E-state index >= 15 is 0 Å². The lowest BCUT2D eigenvalue weighted by molar-refractivity contribution is 1.08. The highest BCUT2D eigenvalue weighted by molar-refractivity contribution is 5.91. The van der Waals surface area contributed by atoms with Crippen molar-refractivity contribution < 1.29 is 0 Å². The molecule has 1 aromatic carbocycles. The van der Waals surface area contributed by atoms with Gasteiger partial charge < -0.3 is 10.7 Å². The molecule has 0 fully saturated rings. The van der Waals surface area contributed by atoms with E-state index in [0.717, 1.165) is 5.56 Å². The number of benzene rings is 1. The smallest absolute Gasteiger partial charge is 0.326 e. The highest BCUT2D eigenvalue weighted by atomic mass is 16.2. The van der Waals surface area contributed by atoms with Crippen molar-refractivity contribution in [2.24, 2.45) is 0 Å². The standard InChI is InChI=1S/C9H9N3O2/c1-4-2-3-5(10)6-7(4)11-9(14)12-8(6)13/h2-3H,10H2,1H3,(H2,11,12,13,14). The second kappa shape index (κ2) is 2.73. The van der Waals surface area contributed by atoms with Gasteiger partial charge >= 0.3 is 5.69 Å². The third-order valence-electron chi connectivity index (χ3n) is 2.14. The first kappa shape index (κ1) is 8.55. The van der Waals surface area contributed by atoms with Gasteiger partial charge in [0, 0.05) is 5.69 Å². The fraction of sp³-hybridized carbons (Fsp3) is 0.111. The number of rotatable bonds is 0. The number of H-pyrrole nitrogens is 2. The van der Waals surface area contributed by atoms with Gasteiger partial charge in [-0.1, -0.05) is 6.07 Å². The largest absolute Gasteiger partial charge is 0.398 e. The number of hydrogen-bond donors (Lipinski definition) is 3. The molecule has 0 saturated carbocycles. The quantitative estimate of drug-likeness (QED) is 0.516. The second-order valence-corrected chi connectivity index (χ2v) is 3.13. The summed E-state index contributed by atoms with van der Waals surface area (Å²) in [6, 6.07) is 3.40. The van der Waals surface area contributed by atoms with Crippen LogP contribution in [0.5, 0.6) is 0 Å². The molecule has 2 rings (SSSR count). The number of aromatic amines is 2. The number of fused-ring (bicyclic) bond motifs is 1. The molecule has 0 aliphatic rings. The van der Waals surface area contributed by atoms with Crippen LogP contribution in [0.15, 0.2) is 21.7 Å². The molecule has 0 bridgehead atoms. The van der Waals surface area contributed by atoms with Crippen LogP contribution in [0, 0.1) is 6.92 Å². The van der Waals surface area contributed by atoms with Crippen LogP contribution in [-0.2, 0) is 0 Å². The minimum atomic E-state index is -0.517. The van der Waals surface area contributed by atoms with Gasteiger partial charge in [-0.3, -0.25) is 9.78 Å². The van der Waals surface area contributed by atoms with Crippen LogP contribution < -0.4 is 17.0 Å². The second-order valence-electron chi connectivity index (χ2n) is 3.13. The summed E-state index contributed by atoms with van der Waals surface area (Å²) >= 11 is 0. The molecule has 0 atom stereocenters. The third kappa shape index (κ3) is 1.10. The summed E-state index contributed by atoms with van der Waals surface area (Å²) in [5.41, 5.74) is 6.34. The Morgan fingerprint density at radius 1 is 1.21 bits per heavy atom. The van der Waals surface area contributed by atoms with Gasteiger partial charge in [0.15, 0.2) is 0 Å². The molecule has 5 nitrogen and oxygen atoms in total. The van der Waals surface area contributed by atoms with Crippen molar-refractivity contribution in [2.75, 3.05) is 5.73 Å². The minimum absolute atomic E-state index is 0.338. The molecule has 0 aliphatic heterocycles. The lowest BCUT2D eigenvalue weighted by Crippen LogP contribution is -2.23. The average Bonchev–Trinajstić information content (AvgIpc) is 2.10. The van der Waals surface area contributed by atoms with Gasteiger partial charge in [0.2, 0.25) is 0 Å². The lowest BCUT2D eigenvalue weighted by atomic mass is 10.1. The maximum Gasteiger partial charge on any atom is 0.326 e. The fourth-order valence-corrected chi connectivity index (χ4v) is 1.44. The molecular weight excluding hydrogens is 182 g/mol. The molecule has 72 valence electrons. The highest BCUT2D eigenvalue weighted by Crippen LogP contribution is 2.17. The molecule has 1 heterocycles. The first-order chi connectivity index (χ1) is 6.59. The van der Waals surface area contributed by atoms with Crippen LogP contribution in [0.4, 0.5) is 5.69 Å². The fourth-order valence-electron chi connectivity index (χ4n) is 1.44. The van der Waals surface area contributed by atoms with Crippen molar-refractivity contribution in [1.82, 2.24) is 9.97 Å². The number of nitrogens with two attached hydrogens (primary N) is 1. The van der Waals surface area contributed by atoms with Crippen LogP contribution in [0.3, 0.4) is 0 Å². The molecule has 0 saturated heterocycles. The Morgan fingerprint density at radius 3 is 2.64 bits per heavy atom. The Kier molecular flexibility index (Phi) is 1.67. The van der Waals surface area contributed by atoms with E-state index in [4.69, 9.17) is 5.73 Å². The lowest BCUT2D eigenvalue weighted by Gasteiger charge is -2.02. The topological polar surface area (TPSA) is 91.7 Å². The Hall–Kier alpha value is -2.04. The average molecular weight is 191 g/mol. The van der Waals surface area contributed by atoms with Crippen LogP contribution in [0.25, 0.3) is 10.9 Å². The number of nitrogen functional groups attached to an aromatic ring is 1. The van der Waals surface area contributed by atoms with Crippen LogP contribution in [0.1, 0.15) is 5.56 Å². The van der Waals surface area contributed by atoms with E-state index in [1.165, 1.54) is 0 Å². The summed E-state index contributed by atoms with van der Waals surface area (Å²) < 4.78 is 0. The molecule has 4 N–H and O–H groups in total. The van der Waals surface area contributed by atoms with Crippen molar-refractivity contribution in [2.45, 2.75) is 6.92 Å². The SMILES string of the molecule is Cc1ccc(N)c2c(=O)[nH]c(=O)[nH]c12. The van der Waals surface area contributed by atoms with Crippen LogP contribution in [-0.4, -0.2) is 9.97 Å². The summed E-state index contributed by atoms with van der Waals surface area (Å²) in [4.78, 5) is 27.1. The predicted octanol–water partition coefficient (Wildman–Crippen LogP) is 0.107. The van der Waals surface area contributed by atoms with Gasteiger partial charge in [-0.15, -0.1) is 0 Å². The van der Waals surface area contributed by atoms with Crippen molar-refractivity contribution in [3.05, 3.63) is 38.5 Å². The zero-order valence-corrected chi connectivity index (χ0v) is 7.55. The third-order valence-corrected chi connectivity index (χ3v) is 2.14. The molecule has 0 radical (unpaired) electrons. The molecule has 14 heavy (non-hydrogen) atoms. The van der Waals surface area contributed by atoms with Gasteiger partial charge in [-0.05, 0) is 18.6 Å². The zero-order chi connectivity index (χ0) is 10.3. The van der Waals surface area contributed by atoms with Gasteiger partial charge in [-0.2, -0.15) is 0 Å². The van der Waals surface area contributed by atoms with E-state index in [1.54, 1.807) is 19.1 Å². The van der Waals surface area contributed by atoms with E-state index < -0.39 is 11.2 Å². The molecule has 0 aliphatic carbocycles. The summed E-state index contributed by atoms with van der Waals surface area (Å²) in [5, 5.41) is 0.338. The minimum Gasteiger partial charge on any atom is -0.398 e. The number of nitrogens with one attached hydrogen (secondary N) is 2. The van der Waals surface area contributed by atoms with Crippen LogP contribution in [0.2, 0.25) is 0 Å². The van der Waals surface area contributed by atoms with E-state index in [0.29, 0.717) is 16.6 Å². The van der Waals surface area contributed by atoms with Crippen molar-refractivity contribution in [1.29, 1.82) is 0 Å². The first-order valence-corrected chi connectivity index (χ1v) is 4.11. The van der Waals surface area contributed by atoms with Gasteiger partial charge in [0.1, 0.15) is 0 Å². The monoisotopic (exact) mass is 191 g/mol. The molecule has 0 unspecified atom stereocenters. The van der Waals surface area contributed by atoms with Gasteiger partial charge in [0.05, 0.1) is 10.9 Å². The molecular formula is C9H9N3O2. The zero-order valence-electron chi connectivity index (χ0n) is 7.55. The predicted molar refractivity (Wildman–Crippen MR) is 54.3 cm³/mol. The molecule has 1 aromatic heterocycles. The van der Waals surface area contributed by atoms with Crippen molar-refractivity contribution in [3.8, 4) is 0 Å². The molecule has 0 amide bonds. The summed E-state index contributed by atoms with van der Waals surface area (Å²) in [7, 11) is 0. The maximum atomic E-state index is 11.4. The normalized spacial score (nSPS) is 10.6. The molecule has 0 spiro atoms. The molecule has 5 heteroatoms. The summed E-state index contributed by atoms with van der Waals surface area (Å²) in [6.07, 6.45) is 0. The summed E-state index contributed by atoms with van der Waals surface area (Å²) in [6.45, 7) is 1.80. The first-order valence-electron chi connectivity index (χ1n) is 4.11. The Bertz CT molecular complexity index is 609. The van der Waals surface area contributed by atoms with Gasteiger partial charge in [0.25, 0.3) is 5.56 Å². The number of anilines is 1. The number of aryl methyl sites for hydroxylation is 1. The van der Waals surface area contributed by atoms with Gasteiger partial charge in [-0.25, -0.2) is 4.79 Å². The summed E-state index contributed by atoms with van der Waals surface area (Å²) in [5.74, 6) is 0. The van der Waals surface area contributed by atoms with Crippen molar-refractivity contribution in [3.63, 3.8) is 0 Å². The van der Waals surface area contributed by atoms with Crippen LogP contribution >= 0.6 is 0 Å². The van der Waals surface area contributed by atoms with E-state index in [9.17, 15) is 9.59 Å². The number of hydrogen-bond acceptors (Lipinski definition) is 3. The van der Waals surface area contributed by atoms with E-state index in [2.05, 4.69) is 9.97 Å². The molecule has 2 aromatic rings. The maximum absolute atomic E-state index is 11.4.